The van der Waals surface area contributed by atoms with Crippen molar-refractivity contribution in [1.29, 1.82) is 0 Å². The summed E-state index contributed by atoms with van der Waals surface area (Å²) in [5, 5.41) is 14.2. The fraction of sp³-hybridized carbons (Fsp3) is 0.400. The van der Waals surface area contributed by atoms with Crippen LogP contribution in [0, 0.1) is 0 Å². The number of aliphatic imine (C=N–C) groups is 1. The zero-order valence-electron chi connectivity index (χ0n) is 12.6. The third-order valence-electron chi connectivity index (χ3n) is 2.94. The second-order valence-corrected chi connectivity index (χ2v) is 4.68. The Morgan fingerprint density at radius 3 is 3.14 bits per heavy atom. The summed E-state index contributed by atoms with van der Waals surface area (Å²) >= 11 is 0. The van der Waals surface area contributed by atoms with E-state index in [1.54, 1.807) is 23.2 Å². The highest BCUT2D eigenvalue weighted by atomic mass is 16.3. The first-order valence-corrected chi connectivity index (χ1v) is 7.38. The molecule has 2 N–H and O–H groups in total. The molecule has 0 atom stereocenters. The Balaban J connectivity index is 1.71. The Kier molecular flexibility index (Phi) is 6.74. The van der Waals surface area contributed by atoms with Gasteiger partial charge in [0.15, 0.2) is 5.96 Å². The molecule has 0 fully saturated rings. The van der Waals surface area contributed by atoms with Crippen LogP contribution < -0.4 is 10.6 Å². The van der Waals surface area contributed by atoms with Crippen LogP contribution in [0.25, 0.3) is 0 Å². The molecule has 7 nitrogen and oxygen atoms in total. The molecule has 0 radical (unpaired) electrons. The molecule has 0 bridgehead atoms. The maximum absolute atomic E-state index is 5.30. The number of nitrogens with one attached hydrogen (secondary N) is 2. The second kappa shape index (κ2) is 9.38. The van der Waals surface area contributed by atoms with E-state index in [2.05, 4.69) is 32.5 Å². The Morgan fingerprint density at radius 1 is 1.45 bits per heavy atom. The van der Waals surface area contributed by atoms with Gasteiger partial charge in [0.2, 0.25) is 0 Å². The molecule has 0 aliphatic carbocycles. The number of nitrogens with zero attached hydrogens (tertiary/aromatic N) is 4. The molecule has 0 amide bonds. The van der Waals surface area contributed by atoms with E-state index in [9.17, 15) is 0 Å². The summed E-state index contributed by atoms with van der Waals surface area (Å²) in [6, 6.07) is 3.86. The maximum atomic E-state index is 5.30. The highest BCUT2D eigenvalue weighted by Gasteiger charge is 1.99. The van der Waals surface area contributed by atoms with Gasteiger partial charge in [-0.3, -0.25) is 9.67 Å². The van der Waals surface area contributed by atoms with Crippen LogP contribution in [-0.4, -0.2) is 40.6 Å². The van der Waals surface area contributed by atoms with Crippen molar-refractivity contribution in [3.63, 3.8) is 0 Å². The maximum Gasteiger partial charge on any atom is 0.191 e. The average molecular weight is 302 g/mol. The highest BCUT2D eigenvalue weighted by molar-refractivity contribution is 5.79. The standard InChI is InChI=1S/C15H22N6O/c1-2-7-16-15(18-9-6-14-5-3-13-22-14)17-8-4-11-21-12-10-19-20-21/h2-3,5,10,12-13H,1,4,6-9,11H2,(H2,16,17,18). The molecule has 2 aromatic heterocycles. The van der Waals surface area contributed by atoms with Crippen LogP contribution in [0.3, 0.4) is 0 Å². The van der Waals surface area contributed by atoms with Gasteiger partial charge in [-0.15, -0.1) is 11.7 Å². The minimum Gasteiger partial charge on any atom is -0.469 e. The number of aryl methyl sites for hydroxylation is 1. The largest absolute Gasteiger partial charge is 0.469 e. The van der Waals surface area contributed by atoms with Crippen molar-refractivity contribution in [2.75, 3.05) is 19.6 Å². The van der Waals surface area contributed by atoms with Crippen LogP contribution in [0.5, 0.6) is 0 Å². The second-order valence-electron chi connectivity index (χ2n) is 4.68. The molecule has 2 rings (SSSR count). The van der Waals surface area contributed by atoms with Gasteiger partial charge in [-0.25, -0.2) is 0 Å². The first-order chi connectivity index (χ1) is 10.9. The number of hydrogen-bond donors (Lipinski definition) is 2. The molecular formula is C15H22N6O. The predicted octanol–water partition coefficient (Wildman–Crippen LogP) is 1.23. The van der Waals surface area contributed by atoms with Crippen molar-refractivity contribution in [3.05, 3.63) is 49.2 Å². The van der Waals surface area contributed by atoms with Crippen LogP contribution in [0.1, 0.15) is 12.2 Å². The van der Waals surface area contributed by atoms with Crippen molar-refractivity contribution in [2.24, 2.45) is 4.99 Å². The summed E-state index contributed by atoms with van der Waals surface area (Å²) in [6.45, 7) is 6.67. The minimum absolute atomic E-state index is 0.676. The normalized spacial score (nSPS) is 11.4. The summed E-state index contributed by atoms with van der Waals surface area (Å²) in [5.41, 5.74) is 0. The highest BCUT2D eigenvalue weighted by Crippen LogP contribution is 1.99. The molecule has 7 heteroatoms. The number of aromatic nitrogens is 3. The van der Waals surface area contributed by atoms with E-state index >= 15 is 0 Å². The average Bonchev–Trinajstić information content (AvgIpc) is 3.21. The lowest BCUT2D eigenvalue weighted by atomic mass is 10.3. The Bertz CT molecular complexity index is 547. The van der Waals surface area contributed by atoms with E-state index in [-0.39, 0.29) is 0 Å². The van der Waals surface area contributed by atoms with Crippen LogP contribution in [0.4, 0.5) is 0 Å². The van der Waals surface area contributed by atoms with Crippen molar-refractivity contribution in [2.45, 2.75) is 19.4 Å². The van der Waals surface area contributed by atoms with Gasteiger partial charge in [-0.1, -0.05) is 11.3 Å². The molecule has 0 unspecified atom stereocenters. The number of guanidine groups is 1. The van der Waals surface area contributed by atoms with Crippen molar-refractivity contribution in [3.8, 4) is 0 Å². The van der Waals surface area contributed by atoms with Gasteiger partial charge >= 0.3 is 0 Å². The zero-order chi connectivity index (χ0) is 15.5. The van der Waals surface area contributed by atoms with Gasteiger partial charge in [-0.2, -0.15) is 0 Å². The third-order valence-corrected chi connectivity index (χ3v) is 2.94. The number of furan rings is 1. The van der Waals surface area contributed by atoms with Crippen molar-refractivity contribution < 1.29 is 4.42 Å². The molecule has 22 heavy (non-hydrogen) atoms. The molecule has 0 spiro atoms. The van der Waals surface area contributed by atoms with Gasteiger partial charge in [0.05, 0.1) is 12.5 Å². The molecule has 0 aliphatic rings. The van der Waals surface area contributed by atoms with Crippen LogP contribution in [0.2, 0.25) is 0 Å². The Labute approximate surface area is 130 Å². The quantitative estimate of drug-likeness (QED) is 0.315. The molecule has 2 aromatic rings. The first-order valence-electron chi connectivity index (χ1n) is 7.38. The fourth-order valence-corrected chi connectivity index (χ4v) is 1.88. The SMILES string of the molecule is C=CCNC(=NCCCn1ccnn1)NCCc1ccco1. The molecular weight excluding hydrogens is 280 g/mol. The fourth-order valence-electron chi connectivity index (χ4n) is 1.88. The summed E-state index contributed by atoms with van der Waals surface area (Å²) < 4.78 is 7.11. The van der Waals surface area contributed by atoms with Gasteiger partial charge in [0.1, 0.15) is 5.76 Å². The van der Waals surface area contributed by atoms with E-state index in [0.717, 1.165) is 37.7 Å². The van der Waals surface area contributed by atoms with E-state index < -0.39 is 0 Å². The summed E-state index contributed by atoms with van der Waals surface area (Å²) in [6.07, 6.45) is 8.74. The van der Waals surface area contributed by atoms with E-state index in [1.165, 1.54) is 0 Å². The third kappa shape index (κ3) is 5.82. The van der Waals surface area contributed by atoms with Gasteiger partial charge < -0.3 is 15.1 Å². The Hall–Kier alpha value is -2.57. The molecule has 0 aliphatic heterocycles. The lowest BCUT2D eigenvalue weighted by molar-refractivity contribution is 0.506. The molecule has 0 saturated carbocycles. The summed E-state index contributed by atoms with van der Waals surface area (Å²) in [4.78, 5) is 4.53. The first kappa shape index (κ1) is 15.8. The smallest absolute Gasteiger partial charge is 0.191 e. The van der Waals surface area contributed by atoms with Gasteiger partial charge in [0.25, 0.3) is 0 Å². The lowest BCUT2D eigenvalue weighted by Gasteiger charge is -2.10. The van der Waals surface area contributed by atoms with Gasteiger partial charge in [0, 0.05) is 38.8 Å². The van der Waals surface area contributed by atoms with E-state index in [1.807, 2.05) is 18.3 Å². The van der Waals surface area contributed by atoms with E-state index in [4.69, 9.17) is 4.42 Å². The minimum atomic E-state index is 0.676. The van der Waals surface area contributed by atoms with Crippen LogP contribution in [0.15, 0.2) is 52.9 Å². The van der Waals surface area contributed by atoms with Crippen molar-refractivity contribution in [1.82, 2.24) is 25.6 Å². The van der Waals surface area contributed by atoms with Crippen molar-refractivity contribution >= 4 is 5.96 Å². The van der Waals surface area contributed by atoms with E-state index in [0.29, 0.717) is 13.1 Å². The monoisotopic (exact) mass is 302 g/mol. The number of rotatable bonds is 9. The predicted molar refractivity (Wildman–Crippen MR) is 85.6 cm³/mol. The zero-order valence-corrected chi connectivity index (χ0v) is 12.6. The topological polar surface area (TPSA) is 80.3 Å². The van der Waals surface area contributed by atoms with Crippen LogP contribution >= 0.6 is 0 Å². The van der Waals surface area contributed by atoms with Gasteiger partial charge in [-0.05, 0) is 18.6 Å². The lowest BCUT2D eigenvalue weighted by Crippen LogP contribution is -2.38. The molecule has 0 saturated heterocycles. The van der Waals surface area contributed by atoms with Crippen LogP contribution in [-0.2, 0) is 13.0 Å². The molecule has 118 valence electrons. The molecule has 2 heterocycles. The summed E-state index contributed by atoms with van der Waals surface area (Å²) in [7, 11) is 0. The Morgan fingerprint density at radius 2 is 2.41 bits per heavy atom. The summed E-state index contributed by atoms with van der Waals surface area (Å²) in [5.74, 6) is 1.74. The number of hydrogen-bond acceptors (Lipinski definition) is 4. The molecule has 0 aromatic carbocycles.